The molecular weight excluding hydrogens is 319 g/mol. The molecule has 1 fully saturated rings. The van der Waals surface area contributed by atoms with Crippen LogP contribution >= 0.6 is 0 Å². The standard InChI is InChI=1S/C18H17BN2O4/c1-20-16-8-9-17(21-18(16)25-13-4-2-3-5-13)24-14-6-7-15-12(10-14)11-23-19(15)22/h6-10,13,22H,2-5,11H2. The van der Waals surface area contributed by atoms with Gasteiger partial charge in [-0.2, -0.15) is 4.98 Å². The molecule has 6 nitrogen and oxygen atoms in total. The maximum Gasteiger partial charge on any atom is 0.491 e. The monoisotopic (exact) mass is 336 g/mol. The maximum absolute atomic E-state index is 9.67. The Hall–Kier alpha value is -2.56. The van der Waals surface area contributed by atoms with Crippen molar-refractivity contribution < 1.29 is 19.2 Å². The molecule has 1 aliphatic heterocycles. The van der Waals surface area contributed by atoms with Crippen molar-refractivity contribution >= 4 is 18.3 Å². The Morgan fingerprint density at radius 1 is 1.24 bits per heavy atom. The lowest BCUT2D eigenvalue weighted by Crippen LogP contribution is -2.27. The van der Waals surface area contributed by atoms with E-state index in [0.29, 0.717) is 29.8 Å². The van der Waals surface area contributed by atoms with Crippen LogP contribution in [0.25, 0.3) is 4.85 Å². The number of benzene rings is 1. The van der Waals surface area contributed by atoms with Crippen LogP contribution in [0.15, 0.2) is 30.3 Å². The van der Waals surface area contributed by atoms with Gasteiger partial charge in [0.15, 0.2) is 0 Å². The zero-order valence-corrected chi connectivity index (χ0v) is 13.6. The highest BCUT2D eigenvalue weighted by Gasteiger charge is 2.27. The van der Waals surface area contributed by atoms with Crippen LogP contribution in [0.3, 0.4) is 0 Å². The van der Waals surface area contributed by atoms with Crippen LogP contribution in [0.4, 0.5) is 5.69 Å². The van der Waals surface area contributed by atoms with Gasteiger partial charge in [0.1, 0.15) is 5.75 Å². The van der Waals surface area contributed by atoms with Crippen LogP contribution in [-0.4, -0.2) is 23.2 Å². The van der Waals surface area contributed by atoms with Crippen molar-refractivity contribution in [3.05, 3.63) is 47.3 Å². The molecule has 4 rings (SSSR count). The minimum atomic E-state index is -0.869. The van der Waals surface area contributed by atoms with E-state index in [1.165, 1.54) is 0 Å². The van der Waals surface area contributed by atoms with Gasteiger partial charge in [-0.15, -0.1) is 0 Å². The Morgan fingerprint density at radius 2 is 2.08 bits per heavy atom. The predicted octanol–water partition coefficient (Wildman–Crippen LogP) is 2.96. The first-order valence-electron chi connectivity index (χ1n) is 8.38. The van der Waals surface area contributed by atoms with Crippen molar-refractivity contribution in [3.8, 4) is 17.5 Å². The summed E-state index contributed by atoms with van der Waals surface area (Å²) in [5, 5.41) is 9.67. The highest BCUT2D eigenvalue weighted by atomic mass is 16.5. The number of nitrogens with zero attached hydrogens (tertiary/aromatic N) is 2. The molecule has 1 aromatic heterocycles. The Morgan fingerprint density at radius 3 is 2.88 bits per heavy atom. The second-order valence-electron chi connectivity index (χ2n) is 6.24. The second kappa shape index (κ2) is 6.75. The number of aromatic nitrogens is 1. The summed E-state index contributed by atoms with van der Waals surface area (Å²) >= 11 is 0. The quantitative estimate of drug-likeness (QED) is 0.687. The van der Waals surface area contributed by atoms with Gasteiger partial charge in [-0.3, -0.25) is 0 Å². The van der Waals surface area contributed by atoms with Gasteiger partial charge in [-0.1, -0.05) is 6.07 Å². The first-order valence-corrected chi connectivity index (χ1v) is 8.38. The fourth-order valence-corrected chi connectivity index (χ4v) is 3.20. The molecule has 0 bridgehead atoms. The highest BCUT2D eigenvalue weighted by Crippen LogP contribution is 2.33. The van der Waals surface area contributed by atoms with E-state index >= 15 is 0 Å². The zero-order chi connectivity index (χ0) is 17.2. The first kappa shape index (κ1) is 15.9. The molecule has 0 amide bonds. The molecule has 0 spiro atoms. The van der Waals surface area contributed by atoms with Crippen LogP contribution < -0.4 is 14.9 Å². The van der Waals surface area contributed by atoms with E-state index in [1.807, 2.05) is 6.07 Å². The van der Waals surface area contributed by atoms with E-state index < -0.39 is 7.12 Å². The molecule has 0 atom stereocenters. The number of rotatable bonds is 4. The minimum Gasteiger partial charge on any atom is -0.483 e. The molecule has 1 aromatic carbocycles. The van der Waals surface area contributed by atoms with E-state index in [0.717, 1.165) is 36.7 Å². The van der Waals surface area contributed by atoms with Crippen molar-refractivity contribution in [1.29, 1.82) is 0 Å². The van der Waals surface area contributed by atoms with Crippen LogP contribution in [0, 0.1) is 6.57 Å². The van der Waals surface area contributed by atoms with E-state index in [4.69, 9.17) is 20.7 Å². The molecule has 0 unspecified atom stereocenters. The molecule has 126 valence electrons. The van der Waals surface area contributed by atoms with Crippen LogP contribution in [-0.2, 0) is 11.3 Å². The molecule has 2 heterocycles. The lowest BCUT2D eigenvalue weighted by Gasteiger charge is -2.14. The van der Waals surface area contributed by atoms with Crippen molar-refractivity contribution in [3.63, 3.8) is 0 Å². The van der Waals surface area contributed by atoms with Crippen molar-refractivity contribution in [2.24, 2.45) is 0 Å². The third-order valence-corrected chi connectivity index (χ3v) is 4.52. The number of ether oxygens (including phenoxy) is 2. The summed E-state index contributed by atoms with van der Waals surface area (Å²) < 4.78 is 16.9. The molecule has 7 heteroatoms. The van der Waals surface area contributed by atoms with E-state index in [2.05, 4.69) is 9.83 Å². The Bertz CT molecular complexity index is 830. The van der Waals surface area contributed by atoms with Crippen molar-refractivity contribution in [2.45, 2.75) is 38.4 Å². The largest absolute Gasteiger partial charge is 0.491 e. The molecule has 0 saturated heterocycles. The van der Waals surface area contributed by atoms with Crippen molar-refractivity contribution in [1.82, 2.24) is 4.98 Å². The third kappa shape index (κ3) is 3.32. The third-order valence-electron chi connectivity index (χ3n) is 4.52. The van der Waals surface area contributed by atoms with Crippen molar-refractivity contribution in [2.75, 3.05) is 0 Å². The molecule has 1 aliphatic carbocycles. The smallest absolute Gasteiger partial charge is 0.483 e. The summed E-state index contributed by atoms with van der Waals surface area (Å²) in [7, 11) is -0.869. The van der Waals surface area contributed by atoms with Gasteiger partial charge in [0.05, 0.1) is 19.3 Å². The molecule has 1 saturated carbocycles. The highest BCUT2D eigenvalue weighted by molar-refractivity contribution is 6.61. The Balaban J connectivity index is 1.55. The van der Waals surface area contributed by atoms with Gasteiger partial charge in [-0.05, 0) is 61.0 Å². The SMILES string of the molecule is [C-]#[N+]c1ccc(Oc2ccc3c(c2)COB3O)nc1OC1CCCC1. The molecule has 2 aliphatic rings. The average Bonchev–Trinajstić information content (AvgIpc) is 3.25. The number of pyridine rings is 1. The van der Waals surface area contributed by atoms with E-state index in [-0.39, 0.29) is 6.10 Å². The summed E-state index contributed by atoms with van der Waals surface area (Å²) in [5.74, 6) is 1.31. The first-order chi connectivity index (χ1) is 12.2. The van der Waals surface area contributed by atoms with E-state index in [1.54, 1.807) is 24.3 Å². The van der Waals surface area contributed by atoms with Gasteiger partial charge < -0.3 is 19.2 Å². The molecule has 2 aromatic rings. The van der Waals surface area contributed by atoms with Gasteiger partial charge >= 0.3 is 7.12 Å². The molecule has 25 heavy (non-hydrogen) atoms. The number of hydrogen-bond acceptors (Lipinski definition) is 5. The fourth-order valence-electron chi connectivity index (χ4n) is 3.20. The summed E-state index contributed by atoms with van der Waals surface area (Å²) in [6.07, 6.45) is 4.42. The maximum atomic E-state index is 9.67. The van der Waals surface area contributed by atoms with Gasteiger partial charge in [0.25, 0.3) is 0 Å². The van der Waals surface area contributed by atoms with Gasteiger partial charge in [0, 0.05) is 0 Å². The topological polar surface area (TPSA) is 65.2 Å². The fraction of sp³-hybridized carbons (Fsp3) is 0.333. The lowest BCUT2D eigenvalue weighted by molar-refractivity contribution is 0.201. The Labute approximate surface area is 146 Å². The van der Waals surface area contributed by atoms with Gasteiger partial charge in [0.2, 0.25) is 17.4 Å². The molecule has 1 N–H and O–H groups in total. The van der Waals surface area contributed by atoms with E-state index in [9.17, 15) is 5.02 Å². The minimum absolute atomic E-state index is 0.127. The zero-order valence-electron chi connectivity index (χ0n) is 13.6. The van der Waals surface area contributed by atoms with Crippen LogP contribution in [0.5, 0.6) is 17.5 Å². The average molecular weight is 336 g/mol. The van der Waals surface area contributed by atoms with Crippen LogP contribution in [0.1, 0.15) is 31.2 Å². The Kier molecular flexibility index (Phi) is 4.30. The molecular formula is C18H17BN2O4. The number of fused-ring (bicyclic) bond motifs is 1. The second-order valence-corrected chi connectivity index (χ2v) is 6.24. The van der Waals surface area contributed by atoms with Gasteiger partial charge in [-0.25, -0.2) is 4.85 Å². The lowest BCUT2D eigenvalue weighted by atomic mass is 9.80. The summed E-state index contributed by atoms with van der Waals surface area (Å²) in [4.78, 5) is 7.85. The summed E-state index contributed by atoms with van der Waals surface area (Å²) in [6, 6.07) is 8.70. The summed E-state index contributed by atoms with van der Waals surface area (Å²) in [6.45, 7) is 7.63. The number of hydrogen-bond donors (Lipinski definition) is 1. The predicted molar refractivity (Wildman–Crippen MR) is 92.3 cm³/mol. The summed E-state index contributed by atoms with van der Waals surface area (Å²) in [5.41, 5.74) is 2.05. The van der Waals surface area contributed by atoms with Crippen LogP contribution in [0.2, 0.25) is 0 Å². The normalized spacial score (nSPS) is 16.6. The molecule has 0 radical (unpaired) electrons.